The zero-order valence-electron chi connectivity index (χ0n) is 12.7. The van der Waals surface area contributed by atoms with Crippen LogP contribution in [0.15, 0.2) is 12.1 Å². The Morgan fingerprint density at radius 2 is 1.95 bits per heavy atom. The lowest BCUT2D eigenvalue weighted by Gasteiger charge is -2.19. The molecule has 0 aliphatic carbocycles. The van der Waals surface area contributed by atoms with Gasteiger partial charge in [-0.2, -0.15) is 0 Å². The molecule has 0 radical (unpaired) electrons. The van der Waals surface area contributed by atoms with E-state index in [2.05, 4.69) is 50.0 Å². The average molecular weight is 261 g/mol. The monoisotopic (exact) mass is 261 g/mol. The van der Waals surface area contributed by atoms with Crippen LogP contribution in [-0.4, -0.2) is 24.6 Å². The number of rotatable bonds is 5. The van der Waals surface area contributed by atoms with Gasteiger partial charge in [-0.3, -0.25) is 0 Å². The third-order valence-corrected chi connectivity index (χ3v) is 4.07. The minimum atomic E-state index is 0.768. The molecule has 2 heterocycles. The maximum atomic E-state index is 4.71. The lowest BCUT2D eigenvalue weighted by molar-refractivity contribution is 0.494. The van der Waals surface area contributed by atoms with Gasteiger partial charge in [0.25, 0.3) is 0 Å². The van der Waals surface area contributed by atoms with Gasteiger partial charge in [0, 0.05) is 25.3 Å². The smallest absolute Gasteiger partial charge is 0.129 e. The van der Waals surface area contributed by atoms with Crippen molar-refractivity contribution in [1.29, 1.82) is 0 Å². The molecule has 2 atom stereocenters. The maximum absolute atomic E-state index is 4.71. The van der Waals surface area contributed by atoms with Crippen LogP contribution in [0.2, 0.25) is 0 Å². The fraction of sp³-hybridized carbons (Fsp3) is 0.688. The molecule has 1 fully saturated rings. The summed E-state index contributed by atoms with van der Waals surface area (Å²) in [6, 6.07) is 4.44. The predicted octanol–water partition coefficient (Wildman–Crippen LogP) is 2.98. The van der Waals surface area contributed by atoms with E-state index >= 15 is 0 Å². The summed E-state index contributed by atoms with van der Waals surface area (Å²) in [6.07, 6.45) is 1.18. The first-order valence-electron chi connectivity index (χ1n) is 7.53. The van der Waals surface area contributed by atoms with Crippen molar-refractivity contribution in [2.75, 3.05) is 24.5 Å². The fourth-order valence-corrected chi connectivity index (χ4v) is 2.71. The number of anilines is 1. The largest absolute Gasteiger partial charge is 0.356 e. The van der Waals surface area contributed by atoms with Crippen molar-refractivity contribution in [3.8, 4) is 0 Å². The molecule has 0 aromatic carbocycles. The van der Waals surface area contributed by atoms with E-state index in [0.29, 0.717) is 0 Å². The Labute approximate surface area is 117 Å². The van der Waals surface area contributed by atoms with Gasteiger partial charge >= 0.3 is 0 Å². The van der Waals surface area contributed by atoms with Gasteiger partial charge in [0.05, 0.1) is 0 Å². The van der Waals surface area contributed by atoms with Crippen LogP contribution in [0.3, 0.4) is 0 Å². The molecule has 1 N–H and O–H groups in total. The summed E-state index contributed by atoms with van der Waals surface area (Å²) in [5.74, 6) is 2.69. The minimum absolute atomic E-state index is 0.768. The number of hydrogen-bond donors (Lipinski definition) is 1. The quantitative estimate of drug-likeness (QED) is 0.826. The molecule has 0 bridgehead atoms. The number of hydrogen-bond acceptors (Lipinski definition) is 3. The highest BCUT2D eigenvalue weighted by atomic mass is 15.2. The van der Waals surface area contributed by atoms with Gasteiger partial charge in [-0.1, -0.05) is 20.8 Å². The zero-order valence-corrected chi connectivity index (χ0v) is 12.7. The van der Waals surface area contributed by atoms with E-state index in [1.165, 1.54) is 12.0 Å². The Balaban J connectivity index is 2.08. The molecule has 1 saturated heterocycles. The molecule has 1 aromatic heterocycles. The average Bonchev–Trinajstić information content (AvgIpc) is 2.69. The van der Waals surface area contributed by atoms with Gasteiger partial charge in [0.2, 0.25) is 0 Å². The molecule has 0 amide bonds. The zero-order chi connectivity index (χ0) is 13.8. The first-order valence-corrected chi connectivity index (χ1v) is 7.53. The van der Waals surface area contributed by atoms with E-state index in [9.17, 15) is 0 Å². The second-order valence-electron chi connectivity index (χ2n) is 6.01. The van der Waals surface area contributed by atoms with E-state index in [1.54, 1.807) is 0 Å². The van der Waals surface area contributed by atoms with E-state index in [-0.39, 0.29) is 0 Å². The Morgan fingerprint density at radius 3 is 2.58 bits per heavy atom. The molecule has 1 aliphatic rings. The molecule has 3 nitrogen and oxygen atoms in total. The van der Waals surface area contributed by atoms with Crippen molar-refractivity contribution in [1.82, 2.24) is 10.3 Å². The van der Waals surface area contributed by atoms with Gasteiger partial charge in [-0.25, -0.2) is 4.98 Å². The molecule has 2 rings (SSSR count). The van der Waals surface area contributed by atoms with Crippen molar-refractivity contribution in [2.45, 2.75) is 40.7 Å². The lowest BCUT2D eigenvalue weighted by Crippen LogP contribution is -2.22. The van der Waals surface area contributed by atoms with E-state index in [0.717, 1.165) is 49.5 Å². The van der Waals surface area contributed by atoms with Gasteiger partial charge in [0.15, 0.2) is 0 Å². The molecular weight excluding hydrogens is 234 g/mol. The topological polar surface area (TPSA) is 28.2 Å². The molecule has 1 aromatic rings. The van der Waals surface area contributed by atoms with Crippen LogP contribution in [0, 0.1) is 18.8 Å². The van der Waals surface area contributed by atoms with Crippen molar-refractivity contribution in [2.24, 2.45) is 11.8 Å². The van der Waals surface area contributed by atoms with Crippen LogP contribution < -0.4 is 10.2 Å². The number of aryl methyl sites for hydroxylation is 1. The highest BCUT2D eigenvalue weighted by Gasteiger charge is 2.26. The number of nitrogens with one attached hydrogen (secondary N) is 1. The van der Waals surface area contributed by atoms with Crippen LogP contribution >= 0.6 is 0 Å². The van der Waals surface area contributed by atoms with Crippen molar-refractivity contribution in [3.63, 3.8) is 0 Å². The van der Waals surface area contributed by atoms with Crippen molar-refractivity contribution >= 4 is 5.82 Å². The van der Waals surface area contributed by atoms with Crippen LogP contribution in [0.4, 0.5) is 5.82 Å². The van der Waals surface area contributed by atoms with E-state index < -0.39 is 0 Å². The van der Waals surface area contributed by atoms with Crippen LogP contribution in [0.5, 0.6) is 0 Å². The Bertz CT molecular complexity index is 406. The molecule has 0 spiro atoms. The second-order valence-corrected chi connectivity index (χ2v) is 6.01. The third-order valence-electron chi connectivity index (χ3n) is 4.07. The van der Waals surface area contributed by atoms with E-state index in [4.69, 9.17) is 4.98 Å². The maximum Gasteiger partial charge on any atom is 0.129 e. The van der Waals surface area contributed by atoms with Gasteiger partial charge < -0.3 is 10.2 Å². The summed E-state index contributed by atoms with van der Waals surface area (Å²) in [4.78, 5) is 7.15. The van der Waals surface area contributed by atoms with E-state index in [1.807, 2.05) is 0 Å². The van der Waals surface area contributed by atoms with Crippen LogP contribution in [0.25, 0.3) is 0 Å². The minimum Gasteiger partial charge on any atom is -0.356 e. The van der Waals surface area contributed by atoms with Gasteiger partial charge in [-0.15, -0.1) is 0 Å². The lowest BCUT2D eigenvalue weighted by atomic mass is 10.0. The summed E-state index contributed by atoms with van der Waals surface area (Å²) >= 11 is 0. The standard InChI is InChI=1S/C16H27N3/c1-5-6-17-9-15-7-14(4)18-16(8-15)19-10-12(2)13(3)11-19/h7-8,12-13,17H,5-6,9-11H2,1-4H3. The highest BCUT2D eigenvalue weighted by molar-refractivity contribution is 5.44. The molecule has 2 unspecified atom stereocenters. The van der Waals surface area contributed by atoms with Crippen molar-refractivity contribution < 1.29 is 0 Å². The third kappa shape index (κ3) is 3.69. The summed E-state index contributed by atoms with van der Waals surface area (Å²) < 4.78 is 0. The van der Waals surface area contributed by atoms with Gasteiger partial charge in [0.1, 0.15) is 5.82 Å². The molecule has 1 aliphatic heterocycles. The highest BCUT2D eigenvalue weighted by Crippen LogP contribution is 2.27. The second kappa shape index (κ2) is 6.38. The van der Waals surface area contributed by atoms with Crippen LogP contribution in [0.1, 0.15) is 38.4 Å². The predicted molar refractivity (Wildman–Crippen MR) is 81.5 cm³/mol. The number of nitrogens with zero attached hydrogens (tertiary/aromatic N) is 2. The normalized spacial score (nSPS) is 23.1. The van der Waals surface area contributed by atoms with Crippen molar-refractivity contribution in [3.05, 3.63) is 23.4 Å². The molecular formula is C16H27N3. The summed E-state index contributed by atoms with van der Waals surface area (Å²) in [7, 11) is 0. The molecule has 19 heavy (non-hydrogen) atoms. The Kier molecular flexibility index (Phi) is 4.81. The SMILES string of the molecule is CCCNCc1cc(C)nc(N2CC(C)C(C)C2)c1. The fourth-order valence-electron chi connectivity index (χ4n) is 2.71. The molecule has 0 saturated carbocycles. The molecule has 106 valence electrons. The number of pyridine rings is 1. The Hall–Kier alpha value is -1.09. The first kappa shape index (κ1) is 14.3. The molecule has 3 heteroatoms. The summed E-state index contributed by atoms with van der Waals surface area (Å²) in [6.45, 7) is 13.3. The Morgan fingerprint density at radius 1 is 1.26 bits per heavy atom. The van der Waals surface area contributed by atoms with Gasteiger partial charge in [-0.05, 0) is 49.4 Å². The number of aromatic nitrogens is 1. The summed E-state index contributed by atoms with van der Waals surface area (Å²) in [5.41, 5.74) is 2.47. The summed E-state index contributed by atoms with van der Waals surface area (Å²) in [5, 5.41) is 3.47. The first-order chi connectivity index (χ1) is 9.10. The van der Waals surface area contributed by atoms with Crippen LogP contribution in [-0.2, 0) is 6.54 Å².